The number of fused-ring (bicyclic) bond motifs is 1. The maximum absolute atomic E-state index is 13.8. The van der Waals surface area contributed by atoms with Gasteiger partial charge in [-0.2, -0.15) is 9.61 Å². The Bertz CT molecular complexity index is 714. The Morgan fingerprint density at radius 2 is 1.83 bits per heavy atom. The summed E-state index contributed by atoms with van der Waals surface area (Å²) in [6, 6.07) is 5.35. The van der Waals surface area contributed by atoms with Gasteiger partial charge < -0.3 is 5.73 Å². The van der Waals surface area contributed by atoms with Crippen molar-refractivity contribution in [2.45, 2.75) is 0 Å². The van der Waals surface area contributed by atoms with Crippen molar-refractivity contribution in [3.8, 4) is 11.4 Å². The van der Waals surface area contributed by atoms with Gasteiger partial charge in [0.15, 0.2) is 11.5 Å². The molecule has 18 heavy (non-hydrogen) atoms. The Morgan fingerprint density at radius 3 is 2.56 bits per heavy atom. The van der Waals surface area contributed by atoms with Gasteiger partial charge in [0.1, 0.15) is 11.6 Å². The summed E-state index contributed by atoms with van der Waals surface area (Å²) in [5.41, 5.74) is 5.48. The number of hydrogen-bond donors (Lipinski definition) is 1. The molecule has 0 saturated heterocycles. The van der Waals surface area contributed by atoms with Crippen LogP contribution in [0.4, 0.5) is 14.5 Å². The third kappa shape index (κ3) is 1.48. The number of aromatic nitrogens is 4. The van der Waals surface area contributed by atoms with E-state index in [-0.39, 0.29) is 17.1 Å². The largest absolute Gasteiger partial charge is 0.399 e. The van der Waals surface area contributed by atoms with Crippen LogP contribution in [-0.2, 0) is 0 Å². The van der Waals surface area contributed by atoms with Crippen LogP contribution >= 0.6 is 0 Å². The normalized spacial score (nSPS) is 11.0. The third-order valence-corrected chi connectivity index (χ3v) is 2.47. The molecule has 2 aromatic heterocycles. The van der Waals surface area contributed by atoms with Crippen molar-refractivity contribution < 1.29 is 8.78 Å². The third-order valence-electron chi connectivity index (χ3n) is 2.47. The first kappa shape index (κ1) is 10.6. The highest BCUT2D eigenvalue weighted by atomic mass is 19.1. The molecule has 0 unspecified atom stereocenters. The Hall–Kier alpha value is -2.57. The van der Waals surface area contributed by atoms with E-state index in [0.717, 1.165) is 12.1 Å². The molecule has 0 amide bonds. The quantitative estimate of drug-likeness (QED) is 0.664. The summed E-state index contributed by atoms with van der Waals surface area (Å²) in [4.78, 5) is 0. The average Bonchev–Trinajstić information content (AvgIpc) is 2.72. The minimum Gasteiger partial charge on any atom is -0.399 e. The number of halogens is 2. The van der Waals surface area contributed by atoms with E-state index in [4.69, 9.17) is 5.73 Å². The van der Waals surface area contributed by atoms with E-state index in [1.165, 1.54) is 10.7 Å². The second kappa shape index (κ2) is 3.73. The van der Waals surface area contributed by atoms with Gasteiger partial charge in [-0.15, -0.1) is 10.2 Å². The molecule has 5 nitrogen and oxygen atoms in total. The Balaban J connectivity index is 2.33. The van der Waals surface area contributed by atoms with E-state index in [1.54, 1.807) is 12.1 Å². The van der Waals surface area contributed by atoms with E-state index in [9.17, 15) is 8.78 Å². The topological polar surface area (TPSA) is 69.1 Å². The minimum atomic E-state index is -0.799. The summed E-state index contributed by atoms with van der Waals surface area (Å²) in [6.45, 7) is 0. The monoisotopic (exact) mass is 247 g/mol. The van der Waals surface area contributed by atoms with Crippen LogP contribution in [0.1, 0.15) is 0 Å². The van der Waals surface area contributed by atoms with Gasteiger partial charge in [0, 0.05) is 11.9 Å². The zero-order valence-corrected chi connectivity index (χ0v) is 9.01. The van der Waals surface area contributed by atoms with Gasteiger partial charge in [0.05, 0.1) is 5.56 Å². The summed E-state index contributed by atoms with van der Waals surface area (Å²) >= 11 is 0. The molecule has 0 atom stereocenters. The lowest BCUT2D eigenvalue weighted by molar-refractivity contribution is 0.587. The molecule has 0 aliphatic carbocycles. The zero-order valence-electron chi connectivity index (χ0n) is 9.01. The van der Waals surface area contributed by atoms with Crippen LogP contribution in [0.15, 0.2) is 30.5 Å². The fourth-order valence-corrected chi connectivity index (χ4v) is 1.71. The highest BCUT2D eigenvalue weighted by Gasteiger charge is 2.18. The maximum atomic E-state index is 13.8. The summed E-state index contributed by atoms with van der Waals surface area (Å²) in [7, 11) is 0. The molecule has 0 radical (unpaired) electrons. The van der Waals surface area contributed by atoms with Crippen molar-refractivity contribution in [1.82, 2.24) is 19.8 Å². The number of rotatable bonds is 1. The van der Waals surface area contributed by atoms with Crippen molar-refractivity contribution in [2.75, 3.05) is 5.73 Å². The first-order valence-electron chi connectivity index (χ1n) is 5.08. The van der Waals surface area contributed by atoms with Crippen molar-refractivity contribution in [3.63, 3.8) is 0 Å². The van der Waals surface area contributed by atoms with Crippen molar-refractivity contribution in [2.24, 2.45) is 0 Å². The lowest BCUT2D eigenvalue weighted by atomic mass is 10.1. The predicted octanol–water partition coefficient (Wildman–Crippen LogP) is 1.65. The molecular weight excluding hydrogens is 240 g/mol. The number of nitrogens with two attached hydrogens (primary N) is 1. The molecule has 2 N–H and O–H groups in total. The van der Waals surface area contributed by atoms with Gasteiger partial charge in [-0.3, -0.25) is 0 Å². The molecule has 0 saturated carbocycles. The van der Waals surface area contributed by atoms with E-state index < -0.39 is 11.6 Å². The molecule has 0 fully saturated rings. The molecule has 0 spiro atoms. The van der Waals surface area contributed by atoms with Crippen LogP contribution in [0.25, 0.3) is 17.0 Å². The number of anilines is 1. The molecular formula is C11H7F2N5. The van der Waals surface area contributed by atoms with Crippen LogP contribution < -0.4 is 5.73 Å². The highest BCUT2D eigenvalue weighted by molar-refractivity contribution is 5.63. The first-order valence-corrected chi connectivity index (χ1v) is 5.08. The van der Waals surface area contributed by atoms with E-state index >= 15 is 0 Å². The molecule has 2 heterocycles. The Kier molecular flexibility index (Phi) is 2.19. The maximum Gasteiger partial charge on any atom is 0.191 e. The Morgan fingerprint density at radius 1 is 1.11 bits per heavy atom. The zero-order chi connectivity index (χ0) is 12.7. The van der Waals surface area contributed by atoms with Crippen LogP contribution in [-0.4, -0.2) is 19.8 Å². The van der Waals surface area contributed by atoms with Crippen LogP contribution in [0.2, 0.25) is 0 Å². The lowest BCUT2D eigenvalue weighted by Gasteiger charge is -2.03. The fourth-order valence-electron chi connectivity index (χ4n) is 1.71. The van der Waals surface area contributed by atoms with Crippen LogP contribution in [0.5, 0.6) is 0 Å². The predicted molar refractivity (Wildman–Crippen MR) is 60.5 cm³/mol. The molecule has 0 aliphatic heterocycles. The summed E-state index contributed by atoms with van der Waals surface area (Å²) < 4.78 is 28.8. The average molecular weight is 247 g/mol. The second-order valence-corrected chi connectivity index (χ2v) is 3.68. The smallest absolute Gasteiger partial charge is 0.191 e. The van der Waals surface area contributed by atoms with E-state index in [1.807, 2.05) is 0 Å². The molecule has 7 heteroatoms. The van der Waals surface area contributed by atoms with Crippen molar-refractivity contribution in [3.05, 3.63) is 42.1 Å². The minimum absolute atomic E-state index is 0.000556. The van der Waals surface area contributed by atoms with Gasteiger partial charge in [0.2, 0.25) is 0 Å². The van der Waals surface area contributed by atoms with Crippen LogP contribution in [0, 0.1) is 11.6 Å². The number of benzene rings is 1. The molecule has 0 aliphatic rings. The van der Waals surface area contributed by atoms with Crippen molar-refractivity contribution in [1.29, 1.82) is 0 Å². The summed E-state index contributed by atoms with van der Waals surface area (Å²) in [6.07, 6.45) is 1.48. The first-order chi connectivity index (χ1) is 8.66. The van der Waals surface area contributed by atoms with Crippen LogP contribution in [0.3, 0.4) is 0 Å². The number of nitrogens with zero attached hydrogens (tertiary/aromatic N) is 4. The molecule has 1 aromatic carbocycles. The standard InChI is InChI=1S/C11H7F2N5/c12-7-4-6(14)5-8(13)10(7)11-17-16-9-2-1-3-15-18(9)11/h1-5H,14H2. The fraction of sp³-hybridized carbons (Fsp3) is 0. The number of nitrogen functional groups attached to an aromatic ring is 1. The molecule has 3 aromatic rings. The van der Waals surface area contributed by atoms with Crippen molar-refractivity contribution >= 4 is 11.3 Å². The van der Waals surface area contributed by atoms with Gasteiger partial charge in [-0.05, 0) is 24.3 Å². The van der Waals surface area contributed by atoms with Gasteiger partial charge >= 0.3 is 0 Å². The van der Waals surface area contributed by atoms with Gasteiger partial charge in [-0.1, -0.05) is 0 Å². The second-order valence-electron chi connectivity index (χ2n) is 3.68. The van der Waals surface area contributed by atoms with E-state index in [2.05, 4.69) is 15.3 Å². The van der Waals surface area contributed by atoms with Gasteiger partial charge in [0.25, 0.3) is 0 Å². The highest BCUT2D eigenvalue weighted by Crippen LogP contribution is 2.26. The SMILES string of the molecule is Nc1cc(F)c(-c2nnc3cccnn23)c(F)c1. The summed E-state index contributed by atoms with van der Waals surface area (Å²) in [5.74, 6) is -1.60. The molecule has 90 valence electrons. The van der Waals surface area contributed by atoms with E-state index in [0.29, 0.717) is 5.65 Å². The molecule has 3 rings (SSSR count). The Labute approximate surface area is 99.9 Å². The van der Waals surface area contributed by atoms with Gasteiger partial charge in [-0.25, -0.2) is 8.78 Å². The number of hydrogen-bond acceptors (Lipinski definition) is 4. The lowest BCUT2D eigenvalue weighted by Crippen LogP contribution is -2.00. The molecule has 0 bridgehead atoms. The summed E-state index contributed by atoms with van der Waals surface area (Å²) in [5, 5.41) is 11.5.